The molecule has 3 unspecified atom stereocenters. The molecule has 2 aliphatic carbocycles. The van der Waals surface area contributed by atoms with Crippen molar-refractivity contribution in [2.24, 2.45) is 29.4 Å². The number of amides is 3. The highest BCUT2D eigenvalue weighted by molar-refractivity contribution is 6.11. The molecule has 1 aromatic rings. The molecule has 3 amide bonds. The van der Waals surface area contributed by atoms with Gasteiger partial charge in [-0.15, -0.1) is 0 Å². The van der Waals surface area contributed by atoms with E-state index in [1.807, 2.05) is 58.0 Å². The van der Waals surface area contributed by atoms with Gasteiger partial charge in [0, 0.05) is 30.8 Å². The first-order valence-electron chi connectivity index (χ1n) is 15.4. The highest BCUT2D eigenvalue weighted by atomic mass is 16.5. The molecule has 0 aliphatic heterocycles. The van der Waals surface area contributed by atoms with E-state index < -0.39 is 17.5 Å². The van der Waals surface area contributed by atoms with Crippen LogP contribution in [-0.4, -0.2) is 48.9 Å². The second-order valence-electron chi connectivity index (χ2n) is 12.7. The van der Waals surface area contributed by atoms with Gasteiger partial charge in [-0.25, -0.2) is 4.79 Å². The molecule has 4 atom stereocenters. The summed E-state index contributed by atoms with van der Waals surface area (Å²) in [6.45, 7) is 8.24. The summed E-state index contributed by atoms with van der Waals surface area (Å²) in [4.78, 5) is 37.6. The second kappa shape index (κ2) is 16.1. The summed E-state index contributed by atoms with van der Waals surface area (Å²) in [7, 11) is 0. The van der Waals surface area contributed by atoms with Crippen molar-refractivity contribution < 1.29 is 23.9 Å². The smallest absolute Gasteiger partial charge is 0.404 e. The van der Waals surface area contributed by atoms with Gasteiger partial charge >= 0.3 is 6.09 Å². The monoisotopic (exact) mass is 595 g/mol. The maximum absolute atomic E-state index is 13.6. The molecule has 0 radical (unpaired) electrons. The number of aryl methyl sites for hydroxylation is 1. The van der Waals surface area contributed by atoms with Crippen molar-refractivity contribution in [2.45, 2.75) is 84.2 Å². The average Bonchev–Trinajstić information content (AvgIpc) is 2.95. The number of nitrogens with two attached hydrogens (primary N) is 1. The maximum Gasteiger partial charge on any atom is 0.404 e. The highest BCUT2D eigenvalue weighted by Crippen LogP contribution is 2.43. The zero-order valence-corrected chi connectivity index (χ0v) is 26.0. The maximum atomic E-state index is 13.6. The summed E-state index contributed by atoms with van der Waals surface area (Å²) in [5.41, 5.74) is 5.73. The van der Waals surface area contributed by atoms with Crippen LogP contribution in [0.5, 0.6) is 0 Å². The number of fused-ring (bicyclic) bond motifs is 2. The van der Waals surface area contributed by atoms with E-state index in [-0.39, 0.29) is 47.8 Å². The third-order valence-corrected chi connectivity index (χ3v) is 8.07. The van der Waals surface area contributed by atoms with Crippen molar-refractivity contribution in [3.05, 3.63) is 59.6 Å². The number of nitrogens with one attached hydrogen (secondary N) is 4. The first-order chi connectivity index (χ1) is 20.5. The van der Waals surface area contributed by atoms with E-state index in [1.54, 1.807) is 12.3 Å². The number of carbonyl (C=O) groups excluding carboxylic acids is 3. The van der Waals surface area contributed by atoms with Gasteiger partial charge in [0.15, 0.2) is 0 Å². The predicted molar refractivity (Wildman–Crippen MR) is 167 cm³/mol. The van der Waals surface area contributed by atoms with Crippen LogP contribution in [0.15, 0.2) is 54.1 Å². The molecule has 2 aliphatic rings. The molecule has 0 spiro atoms. The van der Waals surface area contributed by atoms with Gasteiger partial charge in [0.2, 0.25) is 11.8 Å². The largest absolute Gasteiger partial charge is 0.478 e. The number of ether oxygens (including phenoxy) is 2. The topological polar surface area (TPSA) is 156 Å². The van der Waals surface area contributed by atoms with Gasteiger partial charge in [0.1, 0.15) is 5.57 Å². The summed E-state index contributed by atoms with van der Waals surface area (Å²) >= 11 is 0. The standard InChI is InChI=1S/C33H49N5O5/c1-22(2)20-42-31(36-16-15-33(3,4)38-28(39)14-13-23-9-6-5-7-10-23)27(19-34)30(40)37-29-25-12-8-11-24(17-25)18-26(29)21-43-32(35)41/h5-7,9-10,15-16,19,22,24-26,29,34,36H,8,11-14,17-18,20-21H2,1-4H3,(H2,35,41)(H,37,40)(H,38,39)/b16-15+,31-27-,34-19?/t24?,25?,26?,29-/m0/s1. The van der Waals surface area contributed by atoms with Crippen LogP contribution in [0.2, 0.25) is 0 Å². The number of hydrogen-bond donors (Lipinski definition) is 5. The molecule has 236 valence electrons. The molecule has 0 saturated heterocycles. The van der Waals surface area contributed by atoms with E-state index in [2.05, 4.69) is 16.0 Å². The highest BCUT2D eigenvalue weighted by Gasteiger charge is 2.41. The number of hydrogen-bond acceptors (Lipinski definition) is 7. The molecule has 1 aromatic carbocycles. The van der Waals surface area contributed by atoms with Crippen molar-refractivity contribution in [1.29, 1.82) is 5.41 Å². The lowest BCUT2D eigenvalue weighted by atomic mass is 9.65. The first-order valence-corrected chi connectivity index (χ1v) is 15.4. The Morgan fingerprint density at radius 1 is 1.12 bits per heavy atom. The van der Waals surface area contributed by atoms with Gasteiger partial charge in [-0.3, -0.25) is 9.59 Å². The van der Waals surface area contributed by atoms with E-state index in [0.29, 0.717) is 25.4 Å². The van der Waals surface area contributed by atoms with Crippen LogP contribution < -0.4 is 21.7 Å². The minimum Gasteiger partial charge on any atom is -0.478 e. The molecule has 6 N–H and O–H groups in total. The zero-order chi connectivity index (χ0) is 31.4. The van der Waals surface area contributed by atoms with Gasteiger partial charge < -0.3 is 36.6 Å². The fraction of sp³-hybridized carbons (Fsp3) is 0.576. The number of benzene rings is 1. The second-order valence-corrected chi connectivity index (χ2v) is 12.7. The van der Waals surface area contributed by atoms with Crippen LogP contribution in [0, 0.1) is 29.1 Å². The Bertz CT molecular complexity index is 1160. The lowest BCUT2D eigenvalue weighted by Gasteiger charge is -2.45. The number of rotatable bonds is 15. The van der Waals surface area contributed by atoms with Crippen molar-refractivity contribution in [1.82, 2.24) is 16.0 Å². The lowest BCUT2D eigenvalue weighted by Crippen LogP contribution is -2.52. The SMILES string of the molecule is CC(C)CO/C(N/C=C/C(C)(C)NC(=O)CCc1ccccc1)=C(/C=N)C(=O)N[C@H]1C2CCCC(C2)CC1COC(N)=O. The molecule has 2 bridgehead atoms. The van der Waals surface area contributed by atoms with E-state index in [4.69, 9.17) is 20.6 Å². The molecule has 43 heavy (non-hydrogen) atoms. The minimum absolute atomic E-state index is 0.0494. The van der Waals surface area contributed by atoms with Gasteiger partial charge in [-0.1, -0.05) is 57.0 Å². The van der Waals surface area contributed by atoms with Crippen molar-refractivity contribution in [3.63, 3.8) is 0 Å². The zero-order valence-electron chi connectivity index (χ0n) is 26.0. The van der Waals surface area contributed by atoms with Crippen LogP contribution >= 0.6 is 0 Å². The van der Waals surface area contributed by atoms with Crippen LogP contribution in [0.1, 0.15) is 71.8 Å². The fourth-order valence-electron chi connectivity index (χ4n) is 6.03. The molecule has 0 aromatic heterocycles. The Hall–Kier alpha value is -3.82. The predicted octanol–water partition coefficient (Wildman–Crippen LogP) is 4.56. The summed E-state index contributed by atoms with van der Waals surface area (Å²) < 4.78 is 11.1. The first kappa shape index (κ1) is 33.7. The lowest BCUT2D eigenvalue weighted by molar-refractivity contribution is -0.122. The van der Waals surface area contributed by atoms with E-state index in [0.717, 1.165) is 43.9 Å². The van der Waals surface area contributed by atoms with E-state index in [9.17, 15) is 14.4 Å². The molecule has 10 heteroatoms. The summed E-state index contributed by atoms with van der Waals surface area (Å²) in [6, 6.07) is 9.66. The fourth-order valence-corrected chi connectivity index (χ4v) is 6.03. The van der Waals surface area contributed by atoms with Crippen LogP contribution in [-0.2, 0) is 25.5 Å². The average molecular weight is 596 g/mol. The quantitative estimate of drug-likeness (QED) is 0.114. The minimum atomic E-state index is -0.823. The van der Waals surface area contributed by atoms with Gasteiger partial charge in [-0.05, 0) is 68.9 Å². The Kier molecular flexibility index (Phi) is 12.6. The molecule has 2 saturated carbocycles. The van der Waals surface area contributed by atoms with Gasteiger partial charge in [0.25, 0.3) is 5.91 Å². The van der Waals surface area contributed by atoms with Crippen LogP contribution in [0.25, 0.3) is 0 Å². The summed E-state index contributed by atoms with van der Waals surface area (Å²) in [6.07, 6.45) is 9.69. The molecular formula is C33H49N5O5. The normalized spacial score (nSPS) is 22.3. The van der Waals surface area contributed by atoms with Gasteiger partial charge in [0.05, 0.1) is 18.8 Å². The number of carbonyl (C=O) groups is 3. The van der Waals surface area contributed by atoms with Crippen molar-refractivity contribution in [2.75, 3.05) is 13.2 Å². The molecule has 2 fully saturated rings. The summed E-state index contributed by atoms with van der Waals surface area (Å²) in [5.74, 6) is 0.606. The van der Waals surface area contributed by atoms with Gasteiger partial charge in [-0.2, -0.15) is 0 Å². The van der Waals surface area contributed by atoms with E-state index >= 15 is 0 Å². The molecule has 3 rings (SSSR count). The van der Waals surface area contributed by atoms with Crippen molar-refractivity contribution in [3.8, 4) is 0 Å². The Morgan fingerprint density at radius 3 is 2.53 bits per heavy atom. The molecular weight excluding hydrogens is 546 g/mol. The molecule has 10 nitrogen and oxygen atoms in total. The van der Waals surface area contributed by atoms with E-state index in [1.165, 1.54) is 0 Å². The third-order valence-electron chi connectivity index (χ3n) is 8.07. The Morgan fingerprint density at radius 2 is 1.86 bits per heavy atom. The molecule has 0 heterocycles. The Labute approximate surface area is 255 Å². The van der Waals surface area contributed by atoms with Crippen LogP contribution in [0.4, 0.5) is 4.79 Å². The number of primary amides is 1. The van der Waals surface area contributed by atoms with Crippen LogP contribution in [0.3, 0.4) is 0 Å². The van der Waals surface area contributed by atoms with Crippen molar-refractivity contribution >= 4 is 24.1 Å². The third kappa shape index (κ3) is 11.1. The Balaban J connectivity index is 1.70. The summed E-state index contributed by atoms with van der Waals surface area (Å²) in [5, 5.41) is 17.3.